The number of hydrogen-bond acceptors (Lipinski definition) is 4. The van der Waals surface area contributed by atoms with Crippen molar-refractivity contribution in [2.24, 2.45) is 5.16 Å². The maximum atomic E-state index is 11.0. The van der Waals surface area contributed by atoms with Crippen molar-refractivity contribution in [3.63, 3.8) is 0 Å². The summed E-state index contributed by atoms with van der Waals surface area (Å²) >= 11 is 5.99. The number of amides is 1. The fourth-order valence-corrected chi connectivity index (χ4v) is 2.30. The average Bonchev–Trinajstić information content (AvgIpc) is 2.55. The van der Waals surface area contributed by atoms with Crippen molar-refractivity contribution in [1.29, 1.82) is 0 Å². The van der Waals surface area contributed by atoms with Crippen molar-refractivity contribution < 1.29 is 14.4 Å². The van der Waals surface area contributed by atoms with Gasteiger partial charge in [0.15, 0.2) is 0 Å². The second kappa shape index (κ2) is 8.36. The standard InChI is InChI=1S/C18H19ClN2O3/c1-12(14-4-7-17(8-5-14)20-13(2)22)21-24-11-15-10-16(19)6-9-18(15)23-3/h4-10H,11H2,1-3H3,(H,20,22)/b21-12+. The zero-order chi connectivity index (χ0) is 17.5. The Balaban J connectivity index is 2.01. The van der Waals surface area contributed by atoms with E-state index in [1.54, 1.807) is 25.3 Å². The van der Waals surface area contributed by atoms with Crippen molar-refractivity contribution >= 4 is 28.9 Å². The quantitative estimate of drug-likeness (QED) is 0.628. The Morgan fingerprint density at radius 2 is 1.88 bits per heavy atom. The van der Waals surface area contributed by atoms with Crippen molar-refractivity contribution in [2.45, 2.75) is 20.5 Å². The van der Waals surface area contributed by atoms with Gasteiger partial charge in [0.1, 0.15) is 12.4 Å². The summed E-state index contributed by atoms with van der Waals surface area (Å²) in [4.78, 5) is 16.4. The van der Waals surface area contributed by atoms with Crippen LogP contribution < -0.4 is 10.1 Å². The lowest BCUT2D eigenvalue weighted by atomic mass is 10.1. The van der Waals surface area contributed by atoms with Gasteiger partial charge in [0.05, 0.1) is 12.8 Å². The van der Waals surface area contributed by atoms with E-state index in [-0.39, 0.29) is 12.5 Å². The molecule has 0 heterocycles. The number of anilines is 1. The molecule has 0 aliphatic heterocycles. The summed E-state index contributed by atoms with van der Waals surface area (Å²) < 4.78 is 5.27. The summed E-state index contributed by atoms with van der Waals surface area (Å²) in [6.45, 7) is 3.58. The molecule has 0 unspecified atom stereocenters. The highest BCUT2D eigenvalue weighted by atomic mass is 35.5. The minimum absolute atomic E-state index is 0.105. The van der Waals surface area contributed by atoms with Crippen LogP contribution in [0.1, 0.15) is 25.0 Å². The molecule has 0 saturated heterocycles. The highest BCUT2D eigenvalue weighted by Crippen LogP contribution is 2.23. The number of methoxy groups -OCH3 is 1. The topological polar surface area (TPSA) is 59.9 Å². The van der Waals surface area contributed by atoms with E-state index in [4.69, 9.17) is 21.2 Å². The maximum absolute atomic E-state index is 11.0. The van der Waals surface area contributed by atoms with E-state index in [0.717, 1.165) is 22.5 Å². The lowest BCUT2D eigenvalue weighted by molar-refractivity contribution is -0.114. The first-order valence-electron chi connectivity index (χ1n) is 7.36. The number of carbonyl (C=O) groups is 1. The molecule has 1 amide bonds. The first-order valence-corrected chi connectivity index (χ1v) is 7.74. The normalized spacial score (nSPS) is 11.1. The van der Waals surface area contributed by atoms with Gasteiger partial charge in [-0.15, -0.1) is 0 Å². The summed E-state index contributed by atoms with van der Waals surface area (Å²) in [6.07, 6.45) is 0. The van der Waals surface area contributed by atoms with E-state index in [1.165, 1.54) is 6.92 Å². The van der Waals surface area contributed by atoms with E-state index < -0.39 is 0 Å². The second-order valence-corrected chi connectivity index (χ2v) is 5.60. The summed E-state index contributed by atoms with van der Waals surface area (Å²) in [6, 6.07) is 12.7. The van der Waals surface area contributed by atoms with Gasteiger partial charge in [0, 0.05) is 23.2 Å². The fourth-order valence-electron chi connectivity index (χ4n) is 2.11. The van der Waals surface area contributed by atoms with E-state index in [2.05, 4.69) is 10.5 Å². The monoisotopic (exact) mass is 346 g/mol. The van der Waals surface area contributed by atoms with Crippen LogP contribution in [0, 0.1) is 0 Å². The largest absolute Gasteiger partial charge is 0.496 e. The number of nitrogens with zero attached hydrogens (tertiary/aromatic N) is 1. The number of rotatable bonds is 6. The molecule has 5 nitrogen and oxygen atoms in total. The Bertz CT molecular complexity index is 742. The van der Waals surface area contributed by atoms with Crippen molar-refractivity contribution in [3.05, 3.63) is 58.6 Å². The third-order valence-electron chi connectivity index (χ3n) is 3.29. The number of nitrogens with one attached hydrogen (secondary N) is 1. The molecule has 0 saturated carbocycles. The van der Waals surface area contributed by atoms with E-state index >= 15 is 0 Å². The van der Waals surface area contributed by atoms with Gasteiger partial charge in [-0.3, -0.25) is 4.79 Å². The van der Waals surface area contributed by atoms with Gasteiger partial charge in [0.25, 0.3) is 0 Å². The number of hydrogen-bond donors (Lipinski definition) is 1. The zero-order valence-electron chi connectivity index (χ0n) is 13.8. The summed E-state index contributed by atoms with van der Waals surface area (Å²) in [5.74, 6) is 0.596. The van der Waals surface area contributed by atoms with Gasteiger partial charge >= 0.3 is 0 Å². The van der Waals surface area contributed by atoms with Crippen molar-refractivity contribution in [1.82, 2.24) is 0 Å². The fraction of sp³-hybridized carbons (Fsp3) is 0.222. The van der Waals surface area contributed by atoms with Crippen LogP contribution in [0.2, 0.25) is 5.02 Å². The predicted molar refractivity (Wildman–Crippen MR) is 95.7 cm³/mol. The minimum Gasteiger partial charge on any atom is -0.496 e. The summed E-state index contributed by atoms with van der Waals surface area (Å²) in [5.41, 5.74) is 3.19. The van der Waals surface area contributed by atoms with Gasteiger partial charge in [-0.2, -0.15) is 0 Å². The Morgan fingerprint density at radius 3 is 2.50 bits per heavy atom. The van der Waals surface area contributed by atoms with Crippen LogP contribution in [0.25, 0.3) is 0 Å². The summed E-state index contributed by atoms with van der Waals surface area (Å²) in [7, 11) is 1.60. The van der Waals surface area contributed by atoms with Crippen LogP contribution in [0.15, 0.2) is 47.6 Å². The van der Waals surface area contributed by atoms with Crippen LogP contribution in [0.3, 0.4) is 0 Å². The van der Waals surface area contributed by atoms with Gasteiger partial charge in [0.2, 0.25) is 5.91 Å². The van der Waals surface area contributed by atoms with Crippen molar-refractivity contribution in [2.75, 3.05) is 12.4 Å². The molecule has 0 atom stereocenters. The number of oxime groups is 1. The summed E-state index contributed by atoms with van der Waals surface area (Å²) in [5, 5.41) is 7.45. The third kappa shape index (κ3) is 4.99. The van der Waals surface area contributed by atoms with E-state index in [9.17, 15) is 4.79 Å². The molecule has 6 heteroatoms. The molecule has 0 fully saturated rings. The molecule has 2 aromatic carbocycles. The number of carbonyl (C=O) groups excluding carboxylic acids is 1. The third-order valence-corrected chi connectivity index (χ3v) is 3.52. The average molecular weight is 347 g/mol. The Hall–Kier alpha value is -2.53. The van der Waals surface area contributed by atoms with Gasteiger partial charge < -0.3 is 14.9 Å². The van der Waals surface area contributed by atoms with Crippen LogP contribution in [0.4, 0.5) is 5.69 Å². The molecule has 2 rings (SSSR count). The van der Waals surface area contributed by atoms with Gasteiger partial charge in [-0.05, 0) is 42.8 Å². The maximum Gasteiger partial charge on any atom is 0.221 e. The van der Waals surface area contributed by atoms with Crippen molar-refractivity contribution in [3.8, 4) is 5.75 Å². The molecular weight excluding hydrogens is 328 g/mol. The molecule has 1 N–H and O–H groups in total. The molecule has 0 aromatic heterocycles. The Morgan fingerprint density at radius 1 is 1.17 bits per heavy atom. The molecule has 0 aliphatic rings. The second-order valence-electron chi connectivity index (χ2n) is 5.16. The van der Waals surface area contributed by atoms with Crippen LogP contribution in [-0.2, 0) is 16.2 Å². The Kier molecular flexibility index (Phi) is 6.21. The molecule has 0 bridgehead atoms. The number of benzene rings is 2. The lowest BCUT2D eigenvalue weighted by Gasteiger charge is -2.08. The Labute approximate surface area is 146 Å². The van der Waals surface area contributed by atoms with Crippen LogP contribution in [0.5, 0.6) is 5.75 Å². The number of ether oxygens (including phenoxy) is 1. The molecule has 0 spiro atoms. The molecule has 0 aliphatic carbocycles. The number of halogens is 1. The predicted octanol–water partition coefficient (Wildman–Crippen LogP) is 4.25. The molecular formula is C18H19ClN2O3. The molecule has 126 valence electrons. The lowest BCUT2D eigenvalue weighted by Crippen LogP contribution is -2.06. The minimum atomic E-state index is -0.105. The first-order chi connectivity index (χ1) is 11.5. The SMILES string of the molecule is COc1ccc(Cl)cc1CO/N=C(\C)c1ccc(NC(C)=O)cc1. The first kappa shape index (κ1) is 17.8. The molecule has 0 radical (unpaired) electrons. The van der Waals surface area contributed by atoms with E-state index in [0.29, 0.717) is 10.8 Å². The smallest absolute Gasteiger partial charge is 0.221 e. The van der Waals surface area contributed by atoms with Gasteiger partial charge in [-0.1, -0.05) is 28.9 Å². The van der Waals surface area contributed by atoms with Crippen LogP contribution in [-0.4, -0.2) is 18.7 Å². The highest BCUT2D eigenvalue weighted by molar-refractivity contribution is 6.30. The van der Waals surface area contributed by atoms with E-state index in [1.807, 2.05) is 31.2 Å². The molecule has 24 heavy (non-hydrogen) atoms. The van der Waals surface area contributed by atoms with Crippen LogP contribution >= 0.6 is 11.6 Å². The zero-order valence-corrected chi connectivity index (χ0v) is 14.6. The van der Waals surface area contributed by atoms with Gasteiger partial charge in [-0.25, -0.2) is 0 Å². The molecule has 2 aromatic rings. The highest BCUT2D eigenvalue weighted by Gasteiger charge is 2.05.